The van der Waals surface area contributed by atoms with Crippen LogP contribution in [0.2, 0.25) is 0 Å². The number of hydrogen-bond donors (Lipinski definition) is 5. The number of rotatable bonds is 7. The average molecular weight is 238 g/mol. The van der Waals surface area contributed by atoms with Crippen LogP contribution in [0.1, 0.15) is 19.8 Å². The van der Waals surface area contributed by atoms with Gasteiger partial charge in [-0.2, -0.15) is 0 Å². The lowest BCUT2D eigenvalue weighted by atomic mass is 10.1. The molecule has 4 atom stereocenters. The van der Waals surface area contributed by atoms with Crippen molar-refractivity contribution in [1.82, 2.24) is 0 Å². The molecule has 0 aliphatic heterocycles. The van der Waals surface area contributed by atoms with Crippen molar-refractivity contribution in [2.75, 3.05) is 6.61 Å². The molecule has 0 radical (unpaired) electrons. The van der Waals surface area contributed by atoms with E-state index < -0.39 is 37.2 Å². The fourth-order valence-electron chi connectivity index (χ4n) is 0.972. The summed E-state index contributed by atoms with van der Waals surface area (Å²) in [7, 11) is 0. The van der Waals surface area contributed by atoms with E-state index in [1.165, 1.54) is 0 Å². The zero-order valence-corrected chi connectivity index (χ0v) is 8.98. The minimum Gasteiger partial charge on any atom is -0.433 e. The average Bonchev–Trinajstić information content (AvgIpc) is 2.26. The van der Waals surface area contributed by atoms with Gasteiger partial charge in [-0.15, -0.1) is 0 Å². The summed E-state index contributed by atoms with van der Waals surface area (Å²) in [6.07, 6.45) is -6.63. The molecular weight excluding hydrogens is 220 g/mol. The molecule has 0 saturated heterocycles. The summed E-state index contributed by atoms with van der Waals surface area (Å²) in [5.74, 6) is -0.722. The highest BCUT2D eigenvalue weighted by Crippen LogP contribution is 2.07. The van der Waals surface area contributed by atoms with Crippen molar-refractivity contribution in [3.63, 3.8) is 0 Å². The topological polar surface area (TPSA) is 127 Å². The van der Waals surface area contributed by atoms with Gasteiger partial charge >= 0.3 is 5.97 Å². The van der Waals surface area contributed by atoms with E-state index in [1.54, 1.807) is 6.92 Å². The highest BCUT2D eigenvalue weighted by Gasteiger charge is 2.32. The Kier molecular flexibility index (Phi) is 7.18. The molecule has 0 aliphatic rings. The van der Waals surface area contributed by atoms with Crippen LogP contribution in [0.25, 0.3) is 0 Å². The van der Waals surface area contributed by atoms with Gasteiger partial charge in [0.2, 0.25) is 6.29 Å². The maximum absolute atomic E-state index is 10.9. The van der Waals surface area contributed by atoms with E-state index in [0.29, 0.717) is 6.42 Å². The predicted octanol–water partition coefficient (Wildman–Crippen LogP) is -2.28. The summed E-state index contributed by atoms with van der Waals surface area (Å²) in [5, 5.41) is 45.1. The predicted molar refractivity (Wildman–Crippen MR) is 52.1 cm³/mol. The van der Waals surface area contributed by atoms with Crippen molar-refractivity contribution < 1.29 is 35.1 Å². The second-order valence-corrected chi connectivity index (χ2v) is 3.36. The molecule has 0 fully saturated rings. The van der Waals surface area contributed by atoms with E-state index in [2.05, 4.69) is 4.74 Å². The number of esters is 1. The van der Waals surface area contributed by atoms with Crippen LogP contribution >= 0.6 is 0 Å². The van der Waals surface area contributed by atoms with Gasteiger partial charge in [0.05, 0.1) is 6.61 Å². The summed E-state index contributed by atoms with van der Waals surface area (Å²) in [6.45, 7) is 0.947. The first-order valence-electron chi connectivity index (χ1n) is 4.96. The van der Waals surface area contributed by atoms with Crippen molar-refractivity contribution in [2.24, 2.45) is 0 Å². The Morgan fingerprint density at radius 2 is 1.75 bits per heavy atom. The number of carbonyl (C=O) groups excluding carboxylic acids is 1. The van der Waals surface area contributed by atoms with Gasteiger partial charge in [-0.05, 0) is 6.42 Å². The Balaban J connectivity index is 4.16. The molecule has 0 spiro atoms. The van der Waals surface area contributed by atoms with E-state index >= 15 is 0 Å². The van der Waals surface area contributed by atoms with Gasteiger partial charge in [0.15, 0.2) is 0 Å². The lowest BCUT2D eigenvalue weighted by Gasteiger charge is -2.25. The molecule has 5 N–H and O–H groups in total. The summed E-state index contributed by atoms with van der Waals surface area (Å²) < 4.78 is 4.38. The second kappa shape index (κ2) is 7.53. The van der Waals surface area contributed by atoms with Crippen LogP contribution in [0.5, 0.6) is 0 Å². The zero-order valence-electron chi connectivity index (χ0n) is 8.98. The van der Waals surface area contributed by atoms with Gasteiger partial charge in [-0.3, -0.25) is 4.79 Å². The molecule has 0 aromatic carbocycles. The summed E-state index contributed by atoms with van der Waals surface area (Å²) in [6, 6.07) is 0. The number of carbonyl (C=O) groups is 1. The molecule has 16 heavy (non-hydrogen) atoms. The van der Waals surface area contributed by atoms with Crippen LogP contribution in [0.15, 0.2) is 0 Å². The van der Waals surface area contributed by atoms with E-state index in [1.807, 2.05) is 0 Å². The van der Waals surface area contributed by atoms with Gasteiger partial charge in [0.25, 0.3) is 0 Å². The third kappa shape index (κ3) is 4.86. The van der Waals surface area contributed by atoms with Gasteiger partial charge in [-0.1, -0.05) is 6.92 Å². The Hall–Kier alpha value is -0.730. The molecule has 0 aliphatic carbocycles. The Morgan fingerprint density at radius 3 is 2.19 bits per heavy atom. The van der Waals surface area contributed by atoms with E-state index in [0.717, 1.165) is 0 Å². The molecule has 0 rings (SSSR count). The fraction of sp³-hybridized carbons (Fsp3) is 0.889. The molecule has 96 valence electrons. The number of hydrogen-bond acceptors (Lipinski definition) is 7. The van der Waals surface area contributed by atoms with E-state index in [-0.39, 0.29) is 6.42 Å². The van der Waals surface area contributed by atoms with Crippen LogP contribution in [0, 0.1) is 0 Å². The van der Waals surface area contributed by atoms with Crippen LogP contribution in [0.3, 0.4) is 0 Å². The molecule has 0 heterocycles. The zero-order chi connectivity index (χ0) is 12.7. The third-order valence-corrected chi connectivity index (χ3v) is 1.93. The number of aliphatic hydroxyl groups is 5. The minimum atomic E-state index is -1.93. The van der Waals surface area contributed by atoms with Crippen molar-refractivity contribution in [2.45, 2.75) is 44.4 Å². The number of aliphatic hydroxyl groups excluding tert-OH is 5. The maximum atomic E-state index is 10.9. The highest BCUT2D eigenvalue weighted by molar-refractivity contribution is 5.69. The van der Waals surface area contributed by atoms with Gasteiger partial charge in [0.1, 0.15) is 18.3 Å². The normalized spacial score (nSPS) is 18.6. The highest BCUT2D eigenvalue weighted by atomic mass is 16.6. The Morgan fingerprint density at radius 1 is 1.19 bits per heavy atom. The largest absolute Gasteiger partial charge is 0.433 e. The fourth-order valence-corrected chi connectivity index (χ4v) is 0.972. The Labute approximate surface area is 92.9 Å². The standard InChI is InChI=1S/C9H18O7/c1-2-3-6(12)16-9(15)8(14)7(13)5(11)4-10/h5,7-11,13-15H,2-4H2,1H3/t5-,7-,8+,9?/m1/s1. The van der Waals surface area contributed by atoms with Crippen LogP contribution in [-0.2, 0) is 9.53 Å². The maximum Gasteiger partial charge on any atom is 0.308 e. The van der Waals surface area contributed by atoms with Crippen LogP contribution in [-0.4, -0.2) is 62.7 Å². The molecule has 7 heteroatoms. The van der Waals surface area contributed by atoms with Crippen LogP contribution < -0.4 is 0 Å². The third-order valence-electron chi connectivity index (χ3n) is 1.93. The molecular formula is C9H18O7. The first-order valence-corrected chi connectivity index (χ1v) is 4.96. The quantitative estimate of drug-likeness (QED) is 0.250. The van der Waals surface area contributed by atoms with Crippen molar-refractivity contribution in [3.8, 4) is 0 Å². The molecule has 0 aromatic rings. The number of ether oxygens (including phenoxy) is 1. The Bertz CT molecular complexity index is 208. The SMILES string of the molecule is CCCC(=O)OC(O)[C@@H](O)[C@H](O)[C@H](O)CO. The lowest BCUT2D eigenvalue weighted by molar-refractivity contribution is -0.209. The van der Waals surface area contributed by atoms with Gasteiger partial charge in [-0.25, -0.2) is 0 Å². The minimum absolute atomic E-state index is 0.0719. The molecule has 0 amide bonds. The lowest BCUT2D eigenvalue weighted by Crippen LogP contribution is -2.47. The van der Waals surface area contributed by atoms with Gasteiger partial charge in [0, 0.05) is 6.42 Å². The molecule has 1 unspecified atom stereocenters. The van der Waals surface area contributed by atoms with E-state index in [4.69, 9.17) is 10.2 Å². The summed E-state index contributed by atoms with van der Waals surface area (Å²) in [5.41, 5.74) is 0. The summed E-state index contributed by atoms with van der Waals surface area (Å²) >= 11 is 0. The van der Waals surface area contributed by atoms with Crippen LogP contribution in [0.4, 0.5) is 0 Å². The first kappa shape index (κ1) is 15.3. The van der Waals surface area contributed by atoms with Gasteiger partial charge < -0.3 is 30.3 Å². The molecule has 0 bridgehead atoms. The smallest absolute Gasteiger partial charge is 0.308 e. The van der Waals surface area contributed by atoms with Crippen molar-refractivity contribution >= 4 is 5.97 Å². The monoisotopic (exact) mass is 238 g/mol. The van der Waals surface area contributed by atoms with Crippen molar-refractivity contribution in [1.29, 1.82) is 0 Å². The second-order valence-electron chi connectivity index (χ2n) is 3.36. The van der Waals surface area contributed by atoms with Crippen molar-refractivity contribution in [3.05, 3.63) is 0 Å². The molecule has 7 nitrogen and oxygen atoms in total. The molecule has 0 saturated carbocycles. The van der Waals surface area contributed by atoms with E-state index in [9.17, 15) is 20.1 Å². The first-order chi connectivity index (χ1) is 7.43. The molecule has 0 aromatic heterocycles. The summed E-state index contributed by atoms with van der Waals surface area (Å²) in [4.78, 5) is 10.9.